The van der Waals surface area contributed by atoms with Gasteiger partial charge in [0.25, 0.3) is 0 Å². The number of nitrogens with zero attached hydrogens (tertiary/aromatic N) is 3. The maximum atomic E-state index is 13.4. The van der Waals surface area contributed by atoms with Crippen LogP contribution in [0.1, 0.15) is 34.6 Å². The molecule has 0 amide bonds. The predicted octanol–water partition coefficient (Wildman–Crippen LogP) is 3.77. The van der Waals surface area contributed by atoms with Crippen molar-refractivity contribution in [1.82, 2.24) is 0 Å². The number of benzene rings is 1. The van der Waals surface area contributed by atoms with E-state index in [-0.39, 0.29) is 5.78 Å². The third kappa shape index (κ3) is 5.09. The molecule has 6 heteroatoms. The van der Waals surface area contributed by atoms with Crippen LogP contribution in [-0.2, 0) is 25.6 Å². The van der Waals surface area contributed by atoms with Gasteiger partial charge in [-0.15, -0.1) is 0 Å². The van der Waals surface area contributed by atoms with E-state index in [1.165, 1.54) is 5.56 Å². The Morgan fingerprint density at radius 3 is 2.38 bits per heavy atom. The van der Waals surface area contributed by atoms with Gasteiger partial charge in [0.1, 0.15) is 5.76 Å². The molecule has 0 saturated heterocycles. The molecule has 0 unspecified atom stereocenters. The van der Waals surface area contributed by atoms with Crippen molar-refractivity contribution in [2.24, 2.45) is 4.99 Å². The molecule has 1 atom stereocenters. The van der Waals surface area contributed by atoms with E-state index in [4.69, 9.17) is 17.0 Å². The molecule has 0 saturated carbocycles. The normalized spacial score (nSPS) is 12.6. The second kappa shape index (κ2) is 9.47. The summed E-state index contributed by atoms with van der Waals surface area (Å²) in [6.45, 7) is 2.39. The number of rotatable bonds is 8. The summed E-state index contributed by atoms with van der Waals surface area (Å²) < 4.78 is 7.15. The van der Waals surface area contributed by atoms with Gasteiger partial charge in [0.05, 0.1) is 12.8 Å². The van der Waals surface area contributed by atoms with Crippen molar-refractivity contribution in [2.45, 2.75) is 25.9 Å². The van der Waals surface area contributed by atoms with Gasteiger partial charge in [-0.25, -0.2) is 0 Å². The van der Waals surface area contributed by atoms with E-state index < -0.39 is 6.04 Å². The molecule has 0 aliphatic carbocycles. The van der Waals surface area contributed by atoms with Gasteiger partial charge in [0.2, 0.25) is 11.8 Å². The van der Waals surface area contributed by atoms with Crippen LogP contribution in [0.3, 0.4) is 0 Å². The summed E-state index contributed by atoms with van der Waals surface area (Å²) in [5.41, 5.74) is 2.84. The quantitative estimate of drug-likeness (QED) is 0.188. The first-order valence-corrected chi connectivity index (χ1v) is 9.95. The Hall–Kier alpha value is -2.99. The fourth-order valence-electron chi connectivity index (χ4n) is 2.98. The van der Waals surface area contributed by atoms with Crippen molar-refractivity contribution in [3.05, 3.63) is 84.1 Å². The molecule has 150 valence electrons. The fraction of sp³-hybridized carbons (Fsp3) is 0.261. The Morgan fingerprint density at radius 2 is 1.83 bits per heavy atom. The highest BCUT2D eigenvalue weighted by molar-refractivity contribution is 7.77. The molecule has 0 spiro atoms. The lowest BCUT2D eigenvalue weighted by Crippen LogP contribution is -2.47. The van der Waals surface area contributed by atoms with E-state index in [0.29, 0.717) is 22.9 Å². The number of furan rings is 1. The molecule has 3 rings (SSSR count). The highest BCUT2D eigenvalue weighted by Crippen LogP contribution is 2.15. The third-order valence-electron chi connectivity index (χ3n) is 4.75. The number of ketones is 1. The predicted molar refractivity (Wildman–Crippen MR) is 117 cm³/mol. The molecule has 2 heterocycles. The zero-order valence-electron chi connectivity index (χ0n) is 16.9. The largest absolute Gasteiger partial charge is 0.758 e. The molecule has 29 heavy (non-hydrogen) atoms. The van der Waals surface area contributed by atoms with Crippen molar-refractivity contribution < 1.29 is 13.8 Å². The minimum absolute atomic E-state index is 0.0801. The van der Waals surface area contributed by atoms with Crippen LogP contribution in [0.15, 0.2) is 76.6 Å². The molecule has 2 aromatic heterocycles. The van der Waals surface area contributed by atoms with Crippen molar-refractivity contribution in [1.29, 1.82) is 0 Å². The standard InChI is InChI=1S/C23H25N3O2S/c1-4-17-7-9-18(10-8-17)22(27)21(23(29)24-16-20-6-5-15-28-20)26-13-11-19(12-14-26)25(2)3/h5-15,21H,4,16H2,1-3H3/t21-/m0/s1. The van der Waals surface area contributed by atoms with Crippen LogP contribution in [0.4, 0.5) is 5.69 Å². The number of carbonyl (C=O) groups excluding carboxylic acids is 1. The Morgan fingerprint density at radius 1 is 1.14 bits per heavy atom. The van der Waals surface area contributed by atoms with Gasteiger partial charge < -0.3 is 26.9 Å². The summed E-state index contributed by atoms with van der Waals surface area (Å²) in [7, 11) is 3.95. The number of hydrogen-bond acceptors (Lipinski definition) is 5. The lowest BCUT2D eigenvalue weighted by molar-refractivity contribution is -0.691. The smallest absolute Gasteiger partial charge is 0.237 e. The summed E-state index contributed by atoms with van der Waals surface area (Å²) in [5.74, 6) is 0.627. The molecule has 0 aliphatic heterocycles. The van der Waals surface area contributed by atoms with Gasteiger partial charge in [0.15, 0.2) is 12.4 Å². The van der Waals surface area contributed by atoms with E-state index in [2.05, 4.69) is 11.9 Å². The molecule has 0 N–H and O–H groups in total. The Bertz CT molecular complexity index is 962. The van der Waals surface area contributed by atoms with Crippen LogP contribution in [0.5, 0.6) is 0 Å². The summed E-state index contributed by atoms with van der Waals surface area (Å²) in [6.07, 6.45) is 6.26. The van der Waals surface area contributed by atoms with Crippen molar-refractivity contribution in [3.63, 3.8) is 0 Å². The van der Waals surface area contributed by atoms with Gasteiger partial charge in [-0.1, -0.05) is 31.2 Å². The van der Waals surface area contributed by atoms with E-state index in [9.17, 15) is 4.79 Å². The number of anilines is 1. The first kappa shape index (κ1) is 20.7. The van der Waals surface area contributed by atoms with Crippen LogP contribution in [0, 0.1) is 0 Å². The van der Waals surface area contributed by atoms with E-state index in [0.717, 1.165) is 12.1 Å². The van der Waals surface area contributed by atoms with Gasteiger partial charge in [-0.3, -0.25) is 4.79 Å². The molecule has 0 aliphatic rings. The zero-order chi connectivity index (χ0) is 20.8. The monoisotopic (exact) mass is 407 g/mol. The molecule has 0 fully saturated rings. The van der Waals surface area contributed by atoms with Gasteiger partial charge in [-0.05, 0) is 29.2 Å². The van der Waals surface area contributed by atoms with Crippen molar-refractivity contribution in [3.8, 4) is 0 Å². The van der Waals surface area contributed by atoms with Crippen LogP contribution in [-0.4, -0.2) is 24.9 Å². The van der Waals surface area contributed by atoms with Gasteiger partial charge in [-0.2, -0.15) is 4.57 Å². The number of aliphatic imine (C=N–C) groups is 1. The summed E-state index contributed by atoms with van der Waals surface area (Å²) >= 11 is 5.58. The average Bonchev–Trinajstić information content (AvgIpc) is 3.26. The minimum Gasteiger partial charge on any atom is -0.758 e. The number of hydrogen-bond donors (Lipinski definition) is 0. The molecular weight excluding hydrogens is 382 g/mol. The number of pyridine rings is 1. The average molecular weight is 408 g/mol. The first-order valence-electron chi connectivity index (χ1n) is 9.54. The molecule has 0 radical (unpaired) electrons. The Kier molecular flexibility index (Phi) is 6.77. The zero-order valence-corrected chi connectivity index (χ0v) is 17.7. The second-order valence-electron chi connectivity index (χ2n) is 6.95. The first-order chi connectivity index (χ1) is 14.0. The number of Topliss-reactive ketones (excluding diaryl/α,β-unsaturated/α-hetero) is 1. The summed E-state index contributed by atoms with van der Waals surface area (Å²) in [6, 6.07) is 14.5. The SMILES string of the molecule is CCc1ccc(C(=O)[C@@H](C([S-])=NCc2ccco2)[n+]2ccc(N(C)C)cc2)cc1. The molecule has 0 bridgehead atoms. The minimum atomic E-state index is -0.691. The van der Waals surface area contributed by atoms with Crippen molar-refractivity contribution in [2.75, 3.05) is 19.0 Å². The third-order valence-corrected chi connectivity index (χ3v) is 5.10. The highest BCUT2D eigenvalue weighted by atomic mass is 32.1. The van der Waals surface area contributed by atoms with Gasteiger partial charge in [0, 0.05) is 37.5 Å². The van der Waals surface area contributed by atoms with E-state index in [1.807, 2.05) is 78.4 Å². The number of aryl methyl sites for hydroxylation is 1. The molecule has 5 nitrogen and oxygen atoms in total. The van der Waals surface area contributed by atoms with Crippen LogP contribution >= 0.6 is 0 Å². The molecular formula is C23H25N3O2S. The summed E-state index contributed by atoms with van der Waals surface area (Å²) in [5, 5.41) is 0.327. The maximum absolute atomic E-state index is 13.4. The fourth-order valence-corrected chi connectivity index (χ4v) is 3.28. The topological polar surface area (TPSA) is 49.7 Å². The highest BCUT2D eigenvalue weighted by Gasteiger charge is 2.28. The van der Waals surface area contributed by atoms with E-state index >= 15 is 0 Å². The summed E-state index contributed by atoms with van der Waals surface area (Å²) in [4.78, 5) is 19.8. The Balaban J connectivity index is 1.95. The number of carbonyl (C=O) groups is 1. The van der Waals surface area contributed by atoms with E-state index in [1.54, 1.807) is 12.3 Å². The molecule has 1 aromatic carbocycles. The molecule has 3 aromatic rings. The van der Waals surface area contributed by atoms with Crippen LogP contribution in [0.25, 0.3) is 0 Å². The van der Waals surface area contributed by atoms with Gasteiger partial charge >= 0.3 is 0 Å². The van der Waals surface area contributed by atoms with Crippen LogP contribution in [0.2, 0.25) is 0 Å². The lowest BCUT2D eigenvalue weighted by Gasteiger charge is -2.19. The second-order valence-corrected chi connectivity index (χ2v) is 7.37. The lowest BCUT2D eigenvalue weighted by atomic mass is 10.0. The van der Waals surface area contributed by atoms with Crippen molar-refractivity contribution >= 4 is 29.1 Å². The Labute approximate surface area is 177 Å². The number of aromatic nitrogens is 1. The maximum Gasteiger partial charge on any atom is 0.237 e. The van der Waals surface area contributed by atoms with Crippen LogP contribution < -0.4 is 9.47 Å².